The number of carbonyl (C=O) groups is 1. The molecule has 2 aromatic rings. The number of amides is 1. The van der Waals surface area contributed by atoms with Gasteiger partial charge in [0.15, 0.2) is 0 Å². The van der Waals surface area contributed by atoms with Crippen LogP contribution in [0.4, 0.5) is 9.93 Å². The van der Waals surface area contributed by atoms with Crippen molar-refractivity contribution >= 4 is 65.2 Å². The van der Waals surface area contributed by atoms with E-state index in [-0.39, 0.29) is 5.13 Å². The molecule has 0 bridgehead atoms. The van der Waals surface area contributed by atoms with Gasteiger partial charge in [0.05, 0.1) is 0 Å². The Bertz CT molecular complexity index is 776. The third-order valence-electron chi connectivity index (χ3n) is 2.39. The highest BCUT2D eigenvalue weighted by atomic mass is 35.6. The van der Waals surface area contributed by atoms with E-state index in [1.807, 2.05) is 30.3 Å². The molecule has 0 aliphatic carbocycles. The third-order valence-corrected chi connectivity index (χ3v) is 3.71. The van der Waals surface area contributed by atoms with Gasteiger partial charge in [0.25, 0.3) is 0 Å². The van der Waals surface area contributed by atoms with Gasteiger partial charge < -0.3 is 24.5 Å². The number of halogens is 3. The second kappa shape index (κ2) is 10.5. The standard InChI is InChI=1S/C12H10Cl3N3O3S.H3O4P/c13-12(14,15)6-21-11(20)18(7-19)10-17-16-9(22-10)8-4-2-1-3-5-8;1-5(2,3)4/h1-5,19H,6-7H2;(H3,1,2,3,4). The van der Waals surface area contributed by atoms with Gasteiger partial charge in [0.1, 0.15) is 18.3 Å². The highest BCUT2D eigenvalue weighted by Gasteiger charge is 2.26. The summed E-state index contributed by atoms with van der Waals surface area (Å²) < 4.78 is 12.0. The number of phosphoric acid groups is 1. The Morgan fingerprint density at radius 1 is 1.19 bits per heavy atom. The molecule has 0 aliphatic heterocycles. The minimum absolute atomic E-state index is 0.177. The smallest absolute Gasteiger partial charge is 0.445 e. The van der Waals surface area contributed by atoms with Crippen LogP contribution in [0, 0.1) is 0 Å². The molecule has 10 nitrogen and oxygen atoms in total. The van der Waals surface area contributed by atoms with Crippen LogP contribution in [0.15, 0.2) is 30.3 Å². The van der Waals surface area contributed by atoms with Gasteiger partial charge in [-0.3, -0.25) is 0 Å². The number of nitrogens with zero attached hydrogens (tertiary/aromatic N) is 3. The summed E-state index contributed by atoms with van der Waals surface area (Å²) in [4.78, 5) is 34.3. The van der Waals surface area contributed by atoms with Crippen LogP contribution >= 0.6 is 54.0 Å². The Morgan fingerprint density at radius 3 is 2.22 bits per heavy atom. The number of alkyl halides is 3. The number of anilines is 1. The van der Waals surface area contributed by atoms with Gasteiger partial charge in [-0.15, -0.1) is 10.2 Å². The van der Waals surface area contributed by atoms with Crippen molar-refractivity contribution in [1.82, 2.24) is 10.2 Å². The monoisotopic (exact) mass is 479 g/mol. The van der Waals surface area contributed by atoms with E-state index in [4.69, 9.17) is 58.8 Å². The molecule has 1 amide bonds. The summed E-state index contributed by atoms with van der Waals surface area (Å²) >= 11 is 17.6. The molecule has 150 valence electrons. The summed E-state index contributed by atoms with van der Waals surface area (Å²) in [7, 11) is -4.64. The van der Waals surface area contributed by atoms with Crippen LogP contribution in [0.5, 0.6) is 0 Å². The normalized spacial score (nSPS) is 11.4. The van der Waals surface area contributed by atoms with Crippen LogP contribution in [0.25, 0.3) is 10.6 Å². The van der Waals surface area contributed by atoms with E-state index in [0.29, 0.717) is 5.01 Å². The number of benzene rings is 1. The molecule has 0 fully saturated rings. The van der Waals surface area contributed by atoms with Gasteiger partial charge in [0.2, 0.25) is 8.92 Å². The Morgan fingerprint density at radius 2 is 1.74 bits per heavy atom. The highest BCUT2D eigenvalue weighted by molar-refractivity contribution is 7.45. The zero-order valence-electron chi connectivity index (χ0n) is 13.1. The molecule has 0 aliphatic rings. The molecule has 4 N–H and O–H groups in total. The summed E-state index contributed by atoms with van der Waals surface area (Å²) in [5.41, 5.74) is 0.846. The van der Waals surface area contributed by atoms with Crippen LogP contribution in [0.1, 0.15) is 0 Å². The third kappa shape index (κ3) is 10.2. The SMILES string of the molecule is O=C(OCC(Cl)(Cl)Cl)N(CO)c1nnc(-c2ccccc2)s1.O=P(O)(O)O. The number of hydrogen-bond donors (Lipinski definition) is 4. The van der Waals surface area contributed by atoms with Crippen molar-refractivity contribution in [3.8, 4) is 10.6 Å². The molecule has 1 aromatic heterocycles. The average molecular weight is 481 g/mol. The lowest BCUT2D eigenvalue weighted by molar-refractivity contribution is 0.147. The molecule has 0 saturated heterocycles. The molecule has 0 radical (unpaired) electrons. The van der Waals surface area contributed by atoms with Crippen LogP contribution in [0.2, 0.25) is 0 Å². The van der Waals surface area contributed by atoms with Crippen molar-refractivity contribution in [1.29, 1.82) is 0 Å². The predicted octanol–water partition coefficient (Wildman–Crippen LogP) is 2.54. The van der Waals surface area contributed by atoms with Crippen molar-refractivity contribution < 1.29 is 33.9 Å². The van der Waals surface area contributed by atoms with E-state index >= 15 is 0 Å². The quantitative estimate of drug-likeness (QED) is 0.294. The van der Waals surface area contributed by atoms with Gasteiger partial charge in [-0.05, 0) is 0 Å². The molecule has 1 heterocycles. The first kappa shape index (κ1) is 24.0. The number of aliphatic hydroxyl groups is 1. The van der Waals surface area contributed by atoms with E-state index in [9.17, 15) is 9.90 Å². The van der Waals surface area contributed by atoms with E-state index in [1.165, 1.54) is 0 Å². The topological polar surface area (TPSA) is 153 Å². The maximum atomic E-state index is 11.9. The number of ether oxygens (including phenoxy) is 1. The van der Waals surface area contributed by atoms with Gasteiger partial charge in [-0.2, -0.15) is 0 Å². The van der Waals surface area contributed by atoms with Gasteiger partial charge in [-0.1, -0.05) is 76.5 Å². The second-order valence-electron chi connectivity index (χ2n) is 4.51. The lowest BCUT2D eigenvalue weighted by Gasteiger charge is -2.17. The predicted molar refractivity (Wildman–Crippen MR) is 101 cm³/mol. The zero-order valence-corrected chi connectivity index (χ0v) is 17.1. The Balaban J connectivity index is 0.000000646. The molecule has 15 heteroatoms. The summed E-state index contributed by atoms with van der Waals surface area (Å²) in [6.07, 6.45) is -0.885. The summed E-state index contributed by atoms with van der Waals surface area (Å²) in [5.74, 6) is 0. The number of hydrogen-bond acceptors (Lipinski definition) is 7. The van der Waals surface area contributed by atoms with Crippen LogP contribution in [-0.2, 0) is 9.30 Å². The molecular weight excluding hydrogens is 468 g/mol. The maximum absolute atomic E-state index is 11.9. The molecule has 27 heavy (non-hydrogen) atoms. The van der Waals surface area contributed by atoms with Gasteiger partial charge >= 0.3 is 13.9 Å². The first-order valence-electron chi connectivity index (χ1n) is 6.70. The van der Waals surface area contributed by atoms with Crippen molar-refractivity contribution in [3.05, 3.63) is 30.3 Å². The van der Waals surface area contributed by atoms with Crippen molar-refractivity contribution in [2.45, 2.75) is 3.79 Å². The van der Waals surface area contributed by atoms with E-state index < -0.39 is 31.0 Å². The summed E-state index contributed by atoms with van der Waals surface area (Å²) in [5, 5.41) is 17.9. The van der Waals surface area contributed by atoms with Crippen LogP contribution < -0.4 is 4.90 Å². The van der Waals surface area contributed by atoms with Crippen molar-refractivity contribution in [2.24, 2.45) is 0 Å². The number of aromatic nitrogens is 2. The molecule has 0 unspecified atom stereocenters. The van der Waals surface area contributed by atoms with E-state index in [1.54, 1.807) is 0 Å². The molecule has 0 atom stereocenters. The van der Waals surface area contributed by atoms with Crippen LogP contribution in [-0.4, -0.2) is 53.2 Å². The summed E-state index contributed by atoms with van der Waals surface area (Å²) in [6, 6.07) is 9.30. The largest absolute Gasteiger partial charge is 0.466 e. The first-order chi connectivity index (χ1) is 12.4. The molecule has 0 saturated carbocycles. The average Bonchev–Trinajstić information content (AvgIpc) is 3.02. The van der Waals surface area contributed by atoms with E-state index in [2.05, 4.69) is 10.2 Å². The number of aliphatic hydroxyl groups excluding tert-OH is 1. The molecule has 2 rings (SSSR count). The van der Waals surface area contributed by atoms with Crippen molar-refractivity contribution in [2.75, 3.05) is 18.2 Å². The number of carbonyl (C=O) groups excluding carboxylic acids is 1. The minimum Gasteiger partial charge on any atom is -0.445 e. The number of rotatable bonds is 4. The molecule has 1 aromatic carbocycles. The lowest BCUT2D eigenvalue weighted by Crippen LogP contribution is -2.34. The Hall–Kier alpha value is -1.01. The van der Waals surface area contributed by atoms with Crippen molar-refractivity contribution in [3.63, 3.8) is 0 Å². The zero-order chi connectivity index (χ0) is 20.7. The second-order valence-corrected chi connectivity index (χ2v) is 9.01. The molecule has 0 spiro atoms. The first-order valence-corrected chi connectivity index (χ1v) is 10.2. The lowest BCUT2D eigenvalue weighted by atomic mass is 10.2. The maximum Gasteiger partial charge on any atom is 0.466 e. The van der Waals surface area contributed by atoms with E-state index in [0.717, 1.165) is 21.8 Å². The fourth-order valence-corrected chi connectivity index (χ4v) is 2.44. The van der Waals surface area contributed by atoms with Gasteiger partial charge in [-0.25, -0.2) is 14.3 Å². The highest BCUT2D eigenvalue weighted by Crippen LogP contribution is 2.30. The fourth-order valence-electron chi connectivity index (χ4n) is 1.44. The summed E-state index contributed by atoms with van der Waals surface area (Å²) in [6.45, 7) is -1.08. The molecular formula is C12H13Cl3N3O7PS. The van der Waals surface area contributed by atoms with Crippen LogP contribution in [0.3, 0.4) is 0 Å². The minimum atomic E-state index is -4.64. The van der Waals surface area contributed by atoms with Gasteiger partial charge in [0, 0.05) is 5.56 Å². The fraction of sp³-hybridized carbons (Fsp3) is 0.250. The Kier molecular flexibility index (Phi) is 9.35. The Labute approximate surface area is 172 Å².